The Balaban J connectivity index is 2.23. The van der Waals surface area contributed by atoms with Gasteiger partial charge in [0.25, 0.3) is 0 Å². The first kappa shape index (κ1) is 15.5. The van der Waals surface area contributed by atoms with Gasteiger partial charge in [-0.15, -0.1) is 0 Å². The van der Waals surface area contributed by atoms with Crippen LogP contribution in [-0.2, 0) is 0 Å². The van der Waals surface area contributed by atoms with Gasteiger partial charge in [-0.1, -0.05) is 32.9 Å². The average Bonchev–Trinajstić information content (AvgIpc) is 2.40. The summed E-state index contributed by atoms with van der Waals surface area (Å²) in [6, 6.07) is 5.82. The van der Waals surface area contributed by atoms with Crippen molar-refractivity contribution < 1.29 is 4.39 Å². The summed E-state index contributed by atoms with van der Waals surface area (Å²) < 4.78 is 13.9. The molecule has 0 spiro atoms. The minimum Gasteiger partial charge on any atom is -0.317 e. The van der Waals surface area contributed by atoms with E-state index in [1.165, 1.54) is 18.4 Å². The Labute approximate surface area is 123 Å². The van der Waals surface area contributed by atoms with Crippen LogP contribution >= 0.6 is 0 Å². The molecule has 0 aromatic heterocycles. The molecule has 1 aromatic rings. The molecular weight excluding hydrogens is 249 g/mol. The van der Waals surface area contributed by atoms with Crippen molar-refractivity contribution >= 4 is 0 Å². The van der Waals surface area contributed by atoms with Gasteiger partial charge in [-0.05, 0) is 73.7 Å². The Hall–Kier alpha value is -0.890. The SMILES string of the molecule is CCNCC1CCC(C)(C)CC1c1ccc(C)c(F)c1. The normalized spacial score (nSPS) is 25.6. The number of aryl methyl sites for hydroxylation is 1. The lowest BCUT2D eigenvalue weighted by Gasteiger charge is -2.41. The number of benzene rings is 1. The van der Waals surface area contributed by atoms with Crippen LogP contribution in [0.5, 0.6) is 0 Å². The lowest BCUT2D eigenvalue weighted by atomic mass is 9.65. The minimum atomic E-state index is -0.0620. The fourth-order valence-corrected chi connectivity index (χ4v) is 3.45. The van der Waals surface area contributed by atoms with Crippen molar-refractivity contribution in [2.45, 2.75) is 52.9 Å². The summed E-state index contributed by atoms with van der Waals surface area (Å²) in [7, 11) is 0. The molecule has 0 amide bonds. The topological polar surface area (TPSA) is 12.0 Å². The van der Waals surface area contributed by atoms with Crippen molar-refractivity contribution in [3.05, 3.63) is 35.1 Å². The summed E-state index contributed by atoms with van der Waals surface area (Å²) in [5.74, 6) is 1.05. The van der Waals surface area contributed by atoms with E-state index < -0.39 is 0 Å². The molecule has 1 aromatic carbocycles. The molecule has 1 fully saturated rings. The molecule has 1 nitrogen and oxygen atoms in total. The molecule has 0 heterocycles. The molecule has 0 saturated heterocycles. The maximum absolute atomic E-state index is 13.9. The second-order valence-corrected chi connectivity index (χ2v) is 7.09. The third-order valence-corrected chi connectivity index (χ3v) is 4.81. The Morgan fingerprint density at radius 3 is 2.75 bits per heavy atom. The van der Waals surface area contributed by atoms with Gasteiger partial charge < -0.3 is 5.32 Å². The molecule has 1 aliphatic carbocycles. The summed E-state index contributed by atoms with van der Waals surface area (Å²) in [6.07, 6.45) is 3.67. The summed E-state index contributed by atoms with van der Waals surface area (Å²) in [5.41, 5.74) is 2.30. The van der Waals surface area contributed by atoms with E-state index in [1.54, 1.807) is 6.07 Å². The van der Waals surface area contributed by atoms with E-state index in [4.69, 9.17) is 0 Å². The van der Waals surface area contributed by atoms with Crippen molar-refractivity contribution in [3.63, 3.8) is 0 Å². The highest BCUT2D eigenvalue weighted by molar-refractivity contribution is 5.27. The van der Waals surface area contributed by atoms with Crippen molar-refractivity contribution in [1.29, 1.82) is 0 Å². The molecular formula is C18H28FN. The first-order valence-electron chi connectivity index (χ1n) is 7.90. The van der Waals surface area contributed by atoms with Gasteiger partial charge in [0, 0.05) is 0 Å². The molecule has 2 rings (SSSR count). The Kier molecular flexibility index (Phi) is 4.85. The fourth-order valence-electron chi connectivity index (χ4n) is 3.45. The van der Waals surface area contributed by atoms with Crippen LogP contribution in [0, 0.1) is 24.1 Å². The standard InChI is InChI=1S/C18H28FN/c1-5-20-12-15-8-9-18(3,4)11-16(15)14-7-6-13(2)17(19)10-14/h6-7,10,15-16,20H,5,8-9,11-12H2,1-4H3. The molecule has 2 heteroatoms. The van der Waals surface area contributed by atoms with E-state index in [-0.39, 0.29) is 5.82 Å². The van der Waals surface area contributed by atoms with Crippen LogP contribution in [0.2, 0.25) is 0 Å². The summed E-state index contributed by atoms with van der Waals surface area (Å²) in [4.78, 5) is 0. The highest BCUT2D eigenvalue weighted by atomic mass is 19.1. The van der Waals surface area contributed by atoms with Crippen LogP contribution in [0.3, 0.4) is 0 Å². The lowest BCUT2D eigenvalue weighted by Crippen LogP contribution is -2.34. The monoisotopic (exact) mass is 277 g/mol. The minimum absolute atomic E-state index is 0.0620. The molecule has 0 aliphatic heterocycles. The third kappa shape index (κ3) is 3.60. The van der Waals surface area contributed by atoms with Crippen molar-refractivity contribution in [1.82, 2.24) is 5.32 Å². The summed E-state index contributed by atoms with van der Waals surface area (Å²) in [5, 5.41) is 3.48. The Morgan fingerprint density at radius 1 is 1.35 bits per heavy atom. The van der Waals surface area contributed by atoms with Crippen LogP contribution in [0.25, 0.3) is 0 Å². The second kappa shape index (κ2) is 6.26. The van der Waals surface area contributed by atoms with E-state index in [0.717, 1.165) is 25.1 Å². The predicted molar refractivity (Wildman–Crippen MR) is 83.5 cm³/mol. The van der Waals surface area contributed by atoms with Crippen molar-refractivity contribution in [3.8, 4) is 0 Å². The molecule has 1 aliphatic rings. The highest BCUT2D eigenvalue weighted by Crippen LogP contribution is 2.46. The van der Waals surface area contributed by atoms with Crippen molar-refractivity contribution in [2.75, 3.05) is 13.1 Å². The molecule has 2 unspecified atom stereocenters. The van der Waals surface area contributed by atoms with Gasteiger partial charge in [0.15, 0.2) is 0 Å². The molecule has 20 heavy (non-hydrogen) atoms. The summed E-state index contributed by atoms with van der Waals surface area (Å²) in [6.45, 7) is 10.7. The van der Waals surface area contributed by atoms with Gasteiger partial charge in [-0.25, -0.2) is 4.39 Å². The maximum Gasteiger partial charge on any atom is 0.126 e. The van der Waals surface area contributed by atoms with Gasteiger partial charge in [0.1, 0.15) is 5.82 Å². The quantitative estimate of drug-likeness (QED) is 0.844. The van der Waals surface area contributed by atoms with Crippen molar-refractivity contribution in [2.24, 2.45) is 11.3 Å². The van der Waals surface area contributed by atoms with Crippen LogP contribution in [-0.4, -0.2) is 13.1 Å². The maximum atomic E-state index is 13.9. The number of halogens is 1. The zero-order valence-electron chi connectivity index (χ0n) is 13.3. The predicted octanol–water partition coefficient (Wildman–Crippen LogP) is 4.65. The number of hydrogen-bond acceptors (Lipinski definition) is 1. The molecule has 2 atom stereocenters. The highest BCUT2D eigenvalue weighted by Gasteiger charge is 2.35. The van der Waals surface area contributed by atoms with Crippen LogP contribution in [0.4, 0.5) is 4.39 Å². The molecule has 1 N–H and O–H groups in total. The Bertz CT molecular complexity index is 453. The molecule has 0 radical (unpaired) electrons. The smallest absolute Gasteiger partial charge is 0.126 e. The average molecular weight is 277 g/mol. The van der Waals surface area contributed by atoms with Gasteiger partial charge in [0.05, 0.1) is 0 Å². The van der Waals surface area contributed by atoms with Gasteiger partial charge in [0.2, 0.25) is 0 Å². The zero-order valence-corrected chi connectivity index (χ0v) is 13.3. The van der Waals surface area contributed by atoms with E-state index in [0.29, 0.717) is 17.3 Å². The fraction of sp³-hybridized carbons (Fsp3) is 0.667. The molecule has 1 saturated carbocycles. The van der Waals surface area contributed by atoms with Gasteiger partial charge in [-0.3, -0.25) is 0 Å². The number of rotatable bonds is 4. The largest absolute Gasteiger partial charge is 0.317 e. The first-order valence-corrected chi connectivity index (χ1v) is 7.90. The van der Waals surface area contributed by atoms with E-state index in [2.05, 4.69) is 32.2 Å². The third-order valence-electron chi connectivity index (χ3n) is 4.81. The molecule has 112 valence electrons. The molecule has 0 bridgehead atoms. The van der Waals surface area contributed by atoms with Gasteiger partial charge in [-0.2, -0.15) is 0 Å². The summed E-state index contributed by atoms with van der Waals surface area (Å²) >= 11 is 0. The lowest BCUT2D eigenvalue weighted by molar-refractivity contribution is 0.160. The van der Waals surface area contributed by atoms with Gasteiger partial charge >= 0.3 is 0 Å². The zero-order chi connectivity index (χ0) is 14.8. The number of hydrogen-bond donors (Lipinski definition) is 1. The van der Waals surface area contributed by atoms with Crippen LogP contribution in [0.15, 0.2) is 18.2 Å². The van der Waals surface area contributed by atoms with Crippen LogP contribution < -0.4 is 5.32 Å². The van der Waals surface area contributed by atoms with E-state index in [9.17, 15) is 4.39 Å². The second-order valence-electron chi connectivity index (χ2n) is 7.09. The first-order chi connectivity index (χ1) is 9.43. The van der Waals surface area contributed by atoms with E-state index >= 15 is 0 Å². The number of nitrogens with one attached hydrogen (secondary N) is 1. The van der Waals surface area contributed by atoms with E-state index in [1.807, 2.05) is 13.0 Å². The Morgan fingerprint density at radius 2 is 2.10 bits per heavy atom. The van der Waals surface area contributed by atoms with Crippen LogP contribution in [0.1, 0.15) is 57.1 Å².